The summed E-state index contributed by atoms with van der Waals surface area (Å²) in [6.07, 6.45) is 5.28. The minimum atomic E-state index is -1.52. The Kier molecular flexibility index (Phi) is 5.46. The molecule has 160 valence electrons. The van der Waals surface area contributed by atoms with Gasteiger partial charge in [0.25, 0.3) is 11.3 Å². The molecule has 5 rings (SSSR count). The first-order valence-electron chi connectivity index (χ1n) is 10.6. The van der Waals surface area contributed by atoms with E-state index in [2.05, 4.69) is 53.3 Å². The van der Waals surface area contributed by atoms with Gasteiger partial charge >= 0.3 is 0 Å². The van der Waals surface area contributed by atoms with E-state index < -0.39 is 11.3 Å². The summed E-state index contributed by atoms with van der Waals surface area (Å²) in [6, 6.07) is 19.2. The summed E-state index contributed by atoms with van der Waals surface area (Å²) in [7, 11) is 0. The molecule has 1 atom stereocenters. The Morgan fingerprint density at radius 3 is 2.39 bits per heavy atom. The van der Waals surface area contributed by atoms with Gasteiger partial charge in [-0.25, -0.2) is 18.5 Å². The third-order valence-corrected chi connectivity index (χ3v) is 7.26. The van der Waals surface area contributed by atoms with Gasteiger partial charge in [-0.15, -0.1) is 0 Å². The van der Waals surface area contributed by atoms with Gasteiger partial charge in [0.15, 0.2) is 0 Å². The molecule has 2 heterocycles. The number of aryl methyl sites for hydroxylation is 1. The molecule has 1 unspecified atom stereocenters. The Morgan fingerprint density at radius 1 is 1.06 bits per heavy atom. The Balaban J connectivity index is 1.28. The van der Waals surface area contributed by atoms with Crippen molar-refractivity contribution in [3.05, 3.63) is 83.2 Å². The van der Waals surface area contributed by atoms with Gasteiger partial charge in [0.2, 0.25) is 5.95 Å². The molecule has 31 heavy (non-hydrogen) atoms. The summed E-state index contributed by atoms with van der Waals surface area (Å²) in [5.41, 5.74) is 4.89. The first-order chi connectivity index (χ1) is 15.1. The van der Waals surface area contributed by atoms with Crippen LogP contribution in [-0.2, 0) is 27.5 Å². The van der Waals surface area contributed by atoms with Crippen LogP contribution >= 0.6 is 0 Å². The third kappa shape index (κ3) is 3.95. The maximum absolute atomic E-state index is 11.8. The highest BCUT2D eigenvalue weighted by molar-refractivity contribution is 7.81. The zero-order valence-corrected chi connectivity index (χ0v) is 18.3. The van der Waals surface area contributed by atoms with Crippen LogP contribution in [0.15, 0.2) is 60.8 Å². The Morgan fingerprint density at radius 2 is 1.77 bits per heavy atom. The molecule has 1 aliphatic carbocycles. The molecule has 6 nitrogen and oxygen atoms in total. The van der Waals surface area contributed by atoms with Crippen molar-refractivity contribution < 1.29 is 13.1 Å². The number of benzene rings is 2. The van der Waals surface area contributed by atoms with Crippen molar-refractivity contribution in [2.45, 2.75) is 38.2 Å². The van der Waals surface area contributed by atoms with Gasteiger partial charge in [0.1, 0.15) is 12.4 Å². The fraction of sp³-hybridized carbons (Fsp3) is 0.333. The van der Waals surface area contributed by atoms with Gasteiger partial charge in [-0.1, -0.05) is 48.4 Å². The summed E-state index contributed by atoms with van der Waals surface area (Å²) in [5.74, 6) is 1.20. The van der Waals surface area contributed by atoms with Crippen LogP contribution < -0.4 is 9.04 Å². The van der Waals surface area contributed by atoms with E-state index in [1.54, 1.807) is 16.6 Å². The van der Waals surface area contributed by atoms with Crippen molar-refractivity contribution in [2.75, 3.05) is 17.5 Å². The number of hydrogen-bond acceptors (Lipinski definition) is 5. The highest BCUT2D eigenvalue weighted by Crippen LogP contribution is 2.49. The predicted octanol–water partition coefficient (Wildman–Crippen LogP) is 4.25. The van der Waals surface area contributed by atoms with E-state index in [4.69, 9.17) is 8.92 Å². The van der Waals surface area contributed by atoms with E-state index in [1.807, 2.05) is 12.1 Å². The molecule has 0 spiro atoms. The van der Waals surface area contributed by atoms with E-state index in [1.165, 1.54) is 36.0 Å². The lowest BCUT2D eigenvalue weighted by molar-refractivity contribution is 0.294. The van der Waals surface area contributed by atoms with Crippen LogP contribution in [0.2, 0.25) is 0 Å². The molecule has 0 N–H and O–H groups in total. The molecule has 2 aliphatic rings. The summed E-state index contributed by atoms with van der Waals surface area (Å²) in [4.78, 5) is 8.66. The third-order valence-electron chi connectivity index (χ3n) is 6.19. The molecule has 0 radical (unpaired) electrons. The fourth-order valence-corrected chi connectivity index (χ4v) is 5.05. The minimum Gasteiger partial charge on any atom is -0.487 e. The number of nitrogens with zero attached hydrogens (tertiary/aromatic N) is 3. The Bertz CT molecular complexity index is 1080. The van der Waals surface area contributed by atoms with Crippen molar-refractivity contribution in [2.24, 2.45) is 0 Å². The van der Waals surface area contributed by atoms with Crippen molar-refractivity contribution in [1.29, 1.82) is 0 Å². The predicted molar refractivity (Wildman–Crippen MR) is 120 cm³/mol. The average Bonchev–Trinajstić information content (AvgIpc) is 3.20. The lowest BCUT2D eigenvalue weighted by atomic mass is 9.60. The first-order valence-corrected chi connectivity index (χ1v) is 11.6. The second kappa shape index (κ2) is 8.40. The molecule has 1 saturated carbocycles. The summed E-state index contributed by atoms with van der Waals surface area (Å²) < 4.78 is 24.4. The molecule has 2 aromatic carbocycles. The van der Waals surface area contributed by atoms with Crippen LogP contribution in [0.4, 0.5) is 5.95 Å². The topological polar surface area (TPSA) is 64.6 Å². The van der Waals surface area contributed by atoms with E-state index in [9.17, 15) is 4.21 Å². The normalized spacial score (nSPS) is 19.8. The van der Waals surface area contributed by atoms with Crippen LogP contribution in [0, 0.1) is 6.92 Å². The van der Waals surface area contributed by atoms with Gasteiger partial charge in [-0.3, -0.25) is 4.18 Å². The van der Waals surface area contributed by atoms with E-state index >= 15 is 0 Å². The van der Waals surface area contributed by atoms with Crippen molar-refractivity contribution in [3.63, 3.8) is 0 Å². The van der Waals surface area contributed by atoms with E-state index in [0.717, 1.165) is 11.4 Å². The zero-order valence-electron chi connectivity index (χ0n) is 17.5. The van der Waals surface area contributed by atoms with Gasteiger partial charge in [0, 0.05) is 11.6 Å². The summed E-state index contributed by atoms with van der Waals surface area (Å²) in [5, 5.41) is 0. The summed E-state index contributed by atoms with van der Waals surface area (Å²) in [6.45, 7) is 3.37. The van der Waals surface area contributed by atoms with Crippen LogP contribution in [0.25, 0.3) is 0 Å². The highest BCUT2D eigenvalue weighted by atomic mass is 32.2. The summed E-state index contributed by atoms with van der Waals surface area (Å²) >= 11 is -1.52. The maximum atomic E-state index is 11.8. The quantitative estimate of drug-likeness (QED) is 0.579. The lowest BCUT2D eigenvalue weighted by Gasteiger charge is -2.43. The fourth-order valence-electron chi connectivity index (χ4n) is 4.26. The molecule has 1 aliphatic heterocycles. The highest BCUT2D eigenvalue weighted by Gasteiger charge is 2.40. The second-order valence-electron chi connectivity index (χ2n) is 8.10. The van der Waals surface area contributed by atoms with Crippen molar-refractivity contribution in [1.82, 2.24) is 9.97 Å². The van der Waals surface area contributed by atoms with Gasteiger partial charge in [-0.05, 0) is 49.1 Å². The van der Waals surface area contributed by atoms with Gasteiger partial charge < -0.3 is 4.74 Å². The SMILES string of the molecule is Cc1ccc(C2(c3ccc(OCc4ccnc(N5CCOS5=O)n4)cc3)CCC2)cc1. The molecule has 0 amide bonds. The van der Waals surface area contributed by atoms with E-state index in [0.29, 0.717) is 25.7 Å². The Labute approximate surface area is 185 Å². The van der Waals surface area contributed by atoms with Crippen molar-refractivity contribution in [3.8, 4) is 5.75 Å². The van der Waals surface area contributed by atoms with Crippen LogP contribution in [0.1, 0.15) is 41.6 Å². The van der Waals surface area contributed by atoms with E-state index in [-0.39, 0.29) is 5.41 Å². The largest absolute Gasteiger partial charge is 0.487 e. The average molecular weight is 436 g/mol. The van der Waals surface area contributed by atoms with Gasteiger partial charge in [0.05, 0.1) is 18.8 Å². The number of rotatable bonds is 6. The molecule has 1 saturated heterocycles. The van der Waals surface area contributed by atoms with Crippen LogP contribution in [0.5, 0.6) is 5.75 Å². The number of ether oxygens (including phenoxy) is 1. The molecular weight excluding hydrogens is 410 g/mol. The molecule has 0 bridgehead atoms. The standard InChI is InChI=1S/C24H25N3O3S/c1-18-3-5-19(6-4-18)24(12-2-13-24)20-7-9-22(10-8-20)29-17-21-11-14-25-23(26-21)27-15-16-30-31(27)28/h3-11,14H,2,12-13,15-17H2,1H3. The van der Waals surface area contributed by atoms with Gasteiger partial charge in [-0.2, -0.15) is 0 Å². The Hall–Kier alpha value is -2.77. The molecule has 2 fully saturated rings. The lowest BCUT2D eigenvalue weighted by Crippen LogP contribution is -2.35. The zero-order chi connectivity index (χ0) is 21.3. The van der Waals surface area contributed by atoms with Crippen molar-refractivity contribution >= 4 is 17.2 Å². The number of hydrogen-bond donors (Lipinski definition) is 0. The second-order valence-corrected chi connectivity index (χ2v) is 9.21. The molecular formula is C24H25N3O3S. The number of anilines is 1. The molecule has 3 aromatic rings. The first kappa shape index (κ1) is 20.2. The number of aromatic nitrogens is 2. The maximum Gasteiger partial charge on any atom is 0.267 e. The van der Waals surface area contributed by atoms with Crippen LogP contribution in [-0.4, -0.2) is 27.3 Å². The smallest absolute Gasteiger partial charge is 0.267 e. The van der Waals surface area contributed by atoms with Crippen LogP contribution in [0.3, 0.4) is 0 Å². The monoisotopic (exact) mass is 435 g/mol. The molecule has 7 heteroatoms. The minimum absolute atomic E-state index is 0.126. The molecule has 1 aromatic heterocycles.